The zero-order chi connectivity index (χ0) is 21.6. The van der Waals surface area contributed by atoms with Crippen molar-refractivity contribution in [2.75, 3.05) is 33.4 Å². The highest BCUT2D eigenvalue weighted by Crippen LogP contribution is 2.36. The Morgan fingerprint density at radius 1 is 1.13 bits per heavy atom. The molecule has 0 atom stereocenters. The van der Waals surface area contributed by atoms with E-state index in [4.69, 9.17) is 9.47 Å². The van der Waals surface area contributed by atoms with E-state index in [1.54, 1.807) is 42.2 Å². The maximum absolute atomic E-state index is 14.0. The summed E-state index contributed by atoms with van der Waals surface area (Å²) in [5.41, 5.74) is 0.771. The Bertz CT molecular complexity index is 894. The molecule has 160 valence electrons. The van der Waals surface area contributed by atoms with Crippen molar-refractivity contribution >= 4 is 12.0 Å². The fourth-order valence-corrected chi connectivity index (χ4v) is 3.89. The molecule has 30 heavy (non-hydrogen) atoms. The van der Waals surface area contributed by atoms with Gasteiger partial charge >= 0.3 is 6.09 Å². The van der Waals surface area contributed by atoms with Gasteiger partial charge in [-0.2, -0.15) is 0 Å². The zero-order valence-corrected chi connectivity index (χ0v) is 17.3. The topological polar surface area (TPSA) is 67.9 Å². The van der Waals surface area contributed by atoms with Gasteiger partial charge in [-0.3, -0.25) is 4.79 Å². The van der Waals surface area contributed by atoms with Gasteiger partial charge in [-0.05, 0) is 49.6 Å². The molecule has 0 saturated carbocycles. The van der Waals surface area contributed by atoms with Gasteiger partial charge in [0.05, 0.1) is 19.3 Å². The van der Waals surface area contributed by atoms with Crippen molar-refractivity contribution in [3.05, 3.63) is 65.5 Å². The first kappa shape index (κ1) is 21.6. The lowest BCUT2D eigenvalue weighted by molar-refractivity contribution is 0.0813. The number of amides is 2. The molecular weight excluding hydrogens is 387 g/mol. The number of carbonyl (C=O) groups excluding carboxylic acids is 2. The van der Waals surface area contributed by atoms with Crippen LogP contribution in [0.3, 0.4) is 0 Å². The van der Waals surface area contributed by atoms with Crippen molar-refractivity contribution in [1.82, 2.24) is 10.2 Å². The van der Waals surface area contributed by atoms with Gasteiger partial charge in [-0.15, -0.1) is 0 Å². The summed E-state index contributed by atoms with van der Waals surface area (Å²) < 4.78 is 24.3. The third-order valence-corrected chi connectivity index (χ3v) is 5.62. The van der Waals surface area contributed by atoms with Crippen molar-refractivity contribution in [2.45, 2.75) is 25.2 Å². The second-order valence-corrected chi connectivity index (χ2v) is 7.36. The van der Waals surface area contributed by atoms with Gasteiger partial charge in [-0.1, -0.05) is 24.3 Å². The molecule has 2 amide bonds. The van der Waals surface area contributed by atoms with Gasteiger partial charge in [0.15, 0.2) is 0 Å². The molecule has 0 spiro atoms. The number of nitrogens with zero attached hydrogens (tertiary/aromatic N) is 1. The number of ether oxygens (including phenoxy) is 2. The maximum Gasteiger partial charge on any atom is 0.409 e. The molecule has 0 unspecified atom stereocenters. The number of likely N-dealkylation sites (tertiary alicyclic amines) is 1. The molecule has 7 heteroatoms. The summed E-state index contributed by atoms with van der Waals surface area (Å²) in [6.07, 6.45) is 0.826. The number of rotatable bonds is 6. The Balaban J connectivity index is 1.79. The van der Waals surface area contributed by atoms with Crippen LogP contribution in [-0.4, -0.2) is 50.3 Å². The maximum atomic E-state index is 14.0. The second-order valence-electron chi connectivity index (χ2n) is 7.36. The lowest BCUT2D eigenvalue weighted by Gasteiger charge is -2.42. The van der Waals surface area contributed by atoms with Crippen molar-refractivity contribution in [3.63, 3.8) is 0 Å². The third kappa shape index (κ3) is 4.72. The Labute approximate surface area is 176 Å². The minimum atomic E-state index is -0.483. The van der Waals surface area contributed by atoms with Crippen LogP contribution < -0.4 is 10.1 Å². The van der Waals surface area contributed by atoms with Crippen LogP contribution in [0.25, 0.3) is 0 Å². The van der Waals surface area contributed by atoms with Crippen LogP contribution in [0.2, 0.25) is 0 Å². The molecule has 2 aromatic rings. The van der Waals surface area contributed by atoms with E-state index in [1.807, 2.05) is 6.07 Å². The quantitative estimate of drug-likeness (QED) is 0.782. The summed E-state index contributed by atoms with van der Waals surface area (Å²) in [6.45, 7) is 3.36. The molecule has 0 aromatic heterocycles. The number of benzene rings is 2. The average Bonchev–Trinajstić information content (AvgIpc) is 2.78. The van der Waals surface area contributed by atoms with Crippen molar-refractivity contribution in [2.24, 2.45) is 0 Å². The number of nitrogens with one attached hydrogen (secondary N) is 1. The molecule has 1 saturated heterocycles. The van der Waals surface area contributed by atoms with Gasteiger partial charge in [0.2, 0.25) is 0 Å². The van der Waals surface area contributed by atoms with Crippen LogP contribution in [0.4, 0.5) is 9.18 Å². The number of carbonyl (C=O) groups is 2. The predicted molar refractivity (Wildman–Crippen MR) is 111 cm³/mol. The second kappa shape index (κ2) is 9.61. The molecule has 0 bridgehead atoms. The molecule has 6 nitrogen and oxygen atoms in total. The largest absolute Gasteiger partial charge is 0.496 e. The van der Waals surface area contributed by atoms with Crippen LogP contribution >= 0.6 is 0 Å². The molecule has 2 aromatic carbocycles. The van der Waals surface area contributed by atoms with Gasteiger partial charge in [0.25, 0.3) is 5.91 Å². The Kier molecular flexibility index (Phi) is 6.92. The molecule has 1 aliphatic rings. The van der Waals surface area contributed by atoms with E-state index >= 15 is 0 Å². The number of piperidine rings is 1. The lowest BCUT2D eigenvalue weighted by atomic mass is 9.72. The summed E-state index contributed by atoms with van der Waals surface area (Å²) in [4.78, 5) is 26.6. The normalized spacial score (nSPS) is 15.4. The van der Waals surface area contributed by atoms with Gasteiger partial charge in [0, 0.05) is 25.0 Å². The molecule has 1 heterocycles. The van der Waals surface area contributed by atoms with E-state index in [0.717, 1.165) is 5.56 Å². The first-order chi connectivity index (χ1) is 14.5. The number of hydrogen-bond acceptors (Lipinski definition) is 4. The van der Waals surface area contributed by atoms with Crippen molar-refractivity contribution in [1.29, 1.82) is 0 Å². The van der Waals surface area contributed by atoms with Gasteiger partial charge < -0.3 is 19.7 Å². The van der Waals surface area contributed by atoms with Crippen molar-refractivity contribution < 1.29 is 23.5 Å². The zero-order valence-electron chi connectivity index (χ0n) is 17.3. The highest BCUT2D eigenvalue weighted by molar-refractivity contribution is 5.97. The molecule has 0 radical (unpaired) electrons. The first-order valence-electron chi connectivity index (χ1n) is 10.1. The van der Waals surface area contributed by atoms with E-state index in [9.17, 15) is 14.0 Å². The minimum absolute atomic E-state index is 0.254. The van der Waals surface area contributed by atoms with Crippen molar-refractivity contribution in [3.8, 4) is 5.75 Å². The molecule has 1 aliphatic heterocycles. The molecule has 1 N–H and O–H groups in total. The monoisotopic (exact) mass is 414 g/mol. The fourth-order valence-electron chi connectivity index (χ4n) is 3.89. The van der Waals surface area contributed by atoms with E-state index in [1.165, 1.54) is 19.2 Å². The summed E-state index contributed by atoms with van der Waals surface area (Å²) in [7, 11) is 1.52. The van der Waals surface area contributed by atoms with E-state index in [-0.39, 0.29) is 17.8 Å². The van der Waals surface area contributed by atoms with Crippen LogP contribution in [0, 0.1) is 5.82 Å². The van der Waals surface area contributed by atoms with E-state index in [2.05, 4.69) is 5.32 Å². The van der Waals surface area contributed by atoms with Crippen LogP contribution in [0.1, 0.15) is 35.7 Å². The third-order valence-electron chi connectivity index (χ3n) is 5.62. The lowest BCUT2D eigenvalue weighted by Crippen LogP contribution is -2.50. The summed E-state index contributed by atoms with van der Waals surface area (Å²) >= 11 is 0. The highest BCUT2D eigenvalue weighted by Gasteiger charge is 2.38. The smallest absolute Gasteiger partial charge is 0.409 e. The number of hydrogen-bond donors (Lipinski definition) is 1. The SMILES string of the molecule is CCOC(=O)N1CCC(CNC(=O)c2ccccc2OC)(c2cccc(F)c2)CC1. The highest BCUT2D eigenvalue weighted by atomic mass is 19.1. The van der Waals surface area contributed by atoms with Gasteiger partial charge in [-0.25, -0.2) is 9.18 Å². The number of halogens is 1. The Morgan fingerprint density at radius 3 is 2.53 bits per heavy atom. The van der Waals surface area contributed by atoms with E-state index in [0.29, 0.717) is 50.4 Å². The van der Waals surface area contributed by atoms with Crippen LogP contribution in [0.15, 0.2) is 48.5 Å². The van der Waals surface area contributed by atoms with E-state index < -0.39 is 5.41 Å². The average molecular weight is 414 g/mol. The molecule has 3 rings (SSSR count). The summed E-state index contributed by atoms with van der Waals surface area (Å²) in [6, 6.07) is 13.5. The standard InChI is InChI=1S/C23H27FN2O4/c1-3-30-22(28)26-13-11-23(12-14-26,17-7-6-8-18(24)15-17)16-25-21(27)19-9-4-5-10-20(19)29-2/h4-10,15H,3,11-14,16H2,1-2H3,(H,25,27). The van der Waals surface area contributed by atoms with Crippen LogP contribution in [-0.2, 0) is 10.2 Å². The number of para-hydroxylation sites is 1. The van der Waals surface area contributed by atoms with Gasteiger partial charge in [0.1, 0.15) is 11.6 Å². The number of methoxy groups -OCH3 is 1. The predicted octanol–water partition coefficient (Wildman–Crippen LogP) is 3.75. The molecule has 0 aliphatic carbocycles. The molecular formula is C23H27FN2O4. The Morgan fingerprint density at radius 2 is 1.87 bits per heavy atom. The first-order valence-corrected chi connectivity index (χ1v) is 10.1. The minimum Gasteiger partial charge on any atom is -0.496 e. The molecule has 1 fully saturated rings. The Hall–Kier alpha value is -3.09. The van der Waals surface area contributed by atoms with Crippen LogP contribution in [0.5, 0.6) is 5.75 Å². The summed E-state index contributed by atoms with van der Waals surface area (Å²) in [5.74, 6) is -0.0845. The fraction of sp³-hybridized carbons (Fsp3) is 0.391. The summed E-state index contributed by atoms with van der Waals surface area (Å²) in [5, 5.41) is 3.00.